The molecular weight excluding hydrogens is 218 g/mol. The van der Waals surface area contributed by atoms with Gasteiger partial charge in [0.2, 0.25) is 0 Å². The predicted octanol–water partition coefficient (Wildman–Crippen LogP) is 1.67. The van der Waals surface area contributed by atoms with Crippen molar-refractivity contribution in [2.24, 2.45) is 5.92 Å². The highest BCUT2D eigenvalue weighted by Gasteiger charge is 2.21. The van der Waals surface area contributed by atoms with Crippen LogP contribution < -0.4 is 0 Å². The molecule has 0 heterocycles. The molecule has 0 saturated heterocycles. The van der Waals surface area contributed by atoms with Crippen LogP contribution in [-0.2, 0) is 9.53 Å². The molecule has 0 radical (unpaired) electrons. The Morgan fingerprint density at radius 2 is 1.88 bits per heavy atom. The molecular formula is C13H27NO3. The second-order valence-electron chi connectivity index (χ2n) is 4.34. The highest BCUT2D eigenvalue weighted by atomic mass is 16.5. The van der Waals surface area contributed by atoms with Gasteiger partial charge in [0.1, 0.15) is 0 Å². The van der Waals surface area contributed by atoms with Crippen LogP contribution in [0.4, 0.5) is 0 Å². The Hall–Kier alpha value is -0.610. The Kier molecular flexibility index (Phi) is 9.09. The van der Waals surface area contributed by atoms with Gasteiger partial charge in [0.05, 0.1) is 19.1 Å². The third-order valence-electron chi connectivity index (χ3n) is 3.04. The van der Waals surface area contributed by atoms with Crippen molar-refractivity contribution in [2.75, 3.05) is 26.3 Å². The van der Waals surface area contributed by atoms with Gasteiger partial charge in [-0.15, -0.1) is 0 Å². The van der Waals surface area contributed by atoms with Gasteiger partial charge in [0.15, 0.2) is 0 Å². The molecule has 0 rings (SSSR count). The lowest BCUT2D eigenvalue weighted by molar-refractivity contribution is -0.148. The maximum atomic E-state index is 11.6. The molecule has 1 unspecified atom stereocenters. The molecule has 102 valence electrons. The van der Waals surface area contributed by atoms with E-state index in [2.05, 4.69) is 18.7 Å². The Balaban J connectivity index is 4.36. The SMILES string of the molecule is CCOC(=O)C(C)CN(CCO)C(CC)CC. The maximum absolute atomic E-state index is 11.6. The number of aliphatic hydroxyl groups excluding tert-OH is 1. The van der Waals surface area contributed by atoms with Crippen molar-refractivity contribution >= 4 is 5.97 Å². The summed E-state index contributed by atoms with van der Waals surface area (Å²) >= 11 is 0. The van der Waals surface area contributed by atoms with Gasteiger partial charge in [-0.2, -0.15) is 0 Å². The molecule has 4 heteroatoms. The fraction of sp³-hybridized carbons (Fsp3) is 0.923. The minimum atomic E-state index is -0.151. The van der Waals surface area contributed by atoms with Crippen LogP contribution in [0, 0.1) is 5.92 Å². The van der Waals surface area contributed by atoms with Crippen LogP contribution in [0.15, 0.2) is 0 Å². The van der Waals surface area contributed by atoms with E-state index in [1.165, 1.54) is 0 Å². The summed E-state index contributed by atoms with van der Waals surface area (Å²) in [5.74, 6) is -0.288. The van der Waals surface area contributed by atoms with Crippen molar-refractivity contribution < 1.29 is 14.6 Å². The van der Waals surface area contributed by atoms with Gasteiger partial charge in [0.25, 0.3) is 0 Å². The highest BCUT2D eigenvalue weighted by Crippen LogP contribution is 2.12. The smallest absolute Gasteiger partial charge is 0.309 e. The number of rotatable bonds is 9. The number of carbonyl (C=O) groups is 1. The number of hydrogen-bond donors (Lipinski definition) is 1. The van der Waals surface area contributed by atoms with Crippen molar-refractivity contribution in [3.05, 3.63) is 0 Å². The number of carbonyl (C=O) groups excluding carboxylic acids is 1. The third kappa shape index (κ3) is 6.03. The fourth-order valence-corrected chi connectivity index (χ4v) is 2.07. The fourth-order valence-electron chi connectivity index (χ4n) is 2.07. The number of ether oxygens (including phenoxy) is 1. The van der Waals surface area contributed by atoms with Gasteiger partial charge in [-0.05, 0) is 19.8 Å². The zero-order valence-corrected chi connectivity index (χ0v) is 11.6. The molecule has 0 fully saturated rings. The summed E-state index contributed by atoms with van der Waals surface area (Å²) in [6.45, 7) is 9.80. The predicted molar refractivity (Wildman–Crippen MR) is 68.8 cm³/mol. The molecule has 0 aromatic heterocycles. The van der Waals surface area contributed by atoms with Crippen LogP contribution in [0.5, 0.6) is 0 Å². The zero-order chi connectivity index (χ0) is 13.3. The first kappa shape index (κ1) is 16.4. The van der Waals surface area contributed by atoms with Crippen molar-refractivity contribution in [3.63, 3.8) is 0 Å². The lowest BCUT2D eigenvalue weighted by atomic mass is 10.1. The van der Waals surface area contributed by atoms with E-state index in [1.807, 2.05) is 13.8 Å². The van der Waals surface area contributed by atoms with Crippen LogP contribution >= 0.6 is 0 Å². The molecule has 0 amide bonds. The molecule has 0 spiro atoms. The summed E-state index contributed by atoms with van der Waals surface area (Å²) in [5.41, 5.74) is 0. The molecule has 0 aromatic carbocycles. The van der Waals surface area contributed by atoms with Gasteiger partial charge >= 0.3 is 5.97 Å². The van der Waals surface area contributed by atoms with Crippen molar-refractivity contribution in [3.8, 4) is 0 Å². The maximum Gasteiger partial charge on any atom is 0.309 e. The third-order valence-corrected chi connectivity index (χ3v) is 3.04. The molecule has 0 aliphatic rings. The van der Waals surface area contributed by atoms with Crippen LogP contribution in [0.25, 0.3) is 0 Å². The van der Waals surface area contributed by atoms with E-state index in [-0.39, 0.29) is 18.5 Å². The quantitative estimate of drug-likeness (QED) is 0.628. The topological polar surface area (TPSA) is 49.8 Å². The van der Waals surface area contributed by atoms with Crippen molar-refractivity contribution in [1.82, 2.24) is 4.90 Å². The molecule has 1 atom stereocenters. The number of esters is 1. The monoisotopic (exact) mass is 245 g/mol. The second kappa shape index (κ2) is 9.42. The van der Waals surface area contributed by atoms with Gasteiger partial charge in [-0.3, -0.25) is 9.69 Å². The molecule has 0 aliphatic carbocycles. The standard InChI is InChI=1S/C13H27NO3/c1-5-12(6-2)14(8-9-15)10-11(4)13(16)17-7-3/h11-12,15H,5-10H2,1-4H3. The lowest BCUT2D eigenvalue weighted by Gasteiger charge is -2.31. The average molecular weight is 245 g/mol. The first-order valence-electron chi connectivity index (χ1n) is 6.62. The molecule has 0 saturated carbocycles. The lowest BCUT2D eigenvalue weighted by Crippen LogP contribution is -2.41. The molecule has 4 nitrogen and oxygen atoms in total. The first-order valence-corrected chi connectivity index (χ1v) is 6.62. The first-order chi connectivity index (χ1) is 8.10. The average Bonchev–Trinajstić information content (AvgIpc) is 2.31. The molecule has 0 aromatic rings. The molecule has 0 aliphatic heterocycles. The summed E-state index contributed by atoms with van der Waals surface area (Å²) in [4.78, 5) is 13.8. The van der Waals surface area contributed by atoms with E-state index < -0.39 is 0 Å². The minimum Gasteiger partial charge on any atom is -0.466 e. The Labute approximate surface area is 105 Å². The summed E-state index contributed by atoms with van der Waals surface area (Å²) in [6, 6.07) is 0.430. The van der Waals surface area contributed by atoms with E-state index in [0.29, 0.717) is 25.7 Å². The Bertz CT molecular complexity index is 205. The van der Waals surface area contributed by atoms with Crippen molar-refractivity contribution in [1.29, 1.82) is 0 Å². The summed E-state index contributed by atoms with van der Waals surface area (Å²) in [5, 5.41) is 9.07. The van der Waals surface area contributed by atoms with Crippen molar-refractivity contribution in [2.45, 2.75) is 46.6 Å². The van der Waals surface area contributed by atoms with Gasteiger partial charge in [0, 0.05) is 19.1 Å². The minimum absolute atomic E-state index is 0.131. The number of aliphatic hydroxyl groups is 1. The van der Waals surface area contributed by atoms with Crippen LogP contribution in [0.2, 0.25) is 0 Å². The van der Waals surface area contributed by atoms with Gasteiger partial charge in [-0.25, -0.2) is 0 Å². The number of hydrogen-bond acceptors (Lipinski definition) is 4. The van der Waals surface area contributed by atoms with Gasteiger partial charge < -0.3 is 9.84 Å². The van der Waals surface area contributed by atoms with E-state index in [1.54, 1.807) is 0 Å². The van der Waals surface area contributed by atoms with Gasteiger partial charge in [-0.1, -0.05) is 20.8 Å². The second-order valence-corrected chi connectivity index (χ2v) is 4.34. The summed E-state index contributed by atoms with van der Waals surface area (Å²) in [7, 11) is 0. The summed E-state index contributed by atoms with van der Waals surface area (Å²) < 4.78 is 5.00. The van der Waals surface area contributed by atoms with E-state index in [0.717, 1.165) is 12.8 Å². The van der Waals surface area contributed by atoms with E-state index in [4.69, 9.17) is 9.84 Å². The normalized spacial score (nSPS) is 13.1. The number of nitrogens with zero attached hydrogens (tertiary/aromatic N) is 1. The largest absolute Gasteiger partial charge is 0.466 e. The zero-order valence-electron chi connectivity index (χ0n) is 11.6. The van der Waals surface area contributed by atoms with E-state index >= 15 is 0 Å². The van der Waals surface area contributed by atoms with Crippen LogP contribution in [0.1, 0.15) is 40.5 Å². The van der Waals surface area contributed by atoms with Crippen LogP contribution in [-0.4, -0.2) is 48.3 Å². The molecule has 1 N–H and O–H groups in total. The molecule has 17 heavy (non-hydrogen) atoms. The summed E-state index contributed by atoms with van der Waals surface area (Å²) in [6.07, 6.45) is 2.07. The Morgan fingerprint density at radius 3 is 2.29 bits per heavy atom. The van der Waals surface area contributed by atoms with Crippen LogP contribution in [0.3, 0.4) is 0 Å². The highest BCUT2D eigenvalue weighted by molar-refractivity contribution is 5.72. The molecule has 0 bridgehead atoms. The Morgan fingerprint density at radius 1 is 1.29 bits per heavy atom. The van der Waals surface area contributed by atoms with E-state index in [9.17, 15) is 4.79 Å².